The minimum atomic E-state index is 0.00112. The van der Waals surface area contributed by atoms with Gasteiger partial charge >= 0.3 is 0 Å². The van der Waals surface area contributed by atoms with Crippen LogP contribution in [0.3, 0.4) is 0 Å². The summed E-state index contributed by atoms with van der Waals surface area (Å²) in [5.41, 5.74) is 2.32. The van der Waals surface area contributed by atoms with E-state index in [-0.39, 0.29) is 11.2 Å². The molecule has 0 aliphatic carbocycles. The molecule has 142 valence electrons. The van der Waals surface area contributed by atoms with Crippen molar-refractivity contribution in [2.75, 3.05) is 30.7 Å². The first-order valence-electron chi connectivity index (χ1n) is 9.57. The predicted molar refractivity (Wildman–Crippen MR) is 115 cm³/mol. The average molecular weight is 373 g/mol. The predicted octanol–water partition coefficient (Wildman–Crippen LogP) is 5.21. The molecular weight excluding hydrogens is 340 g/mol. The van der Waals surface area contributed by atoms with E-state index in [0.717, 1.165) is 25.2 Å². The molecule has 1 saturated heterocycles. The third kappa shape index (κ3) is 5.66. The summed E-state index contributed by atoms with van der Waals surface area (Å²) in [5.74, 6) is 1.42. The first-order chi connectivity index (χ1) is 12.5. The van der Waals surface area contributed by atoms with Crippen molar-refractivity contribution in [1.29, 1.82) is 0 Å². The quantitative estimate of drug-likeness (QED) is 0.645. The summed E-state index contributed by atoms with van der Waals surface area (Å²) in [7, 11) is 0. The molecule has 26 heavy (non-hydrogen) atoms. The van der Waals surface area contributed by atoms with E-state index < -0.39 is 0 Å². The van der Waals surface area contributed by atoms with Crippen LogP contribution in [0.15, 0.2) is 47.5 Å². The molecule has 0 spiro atoms. The minimum Gasteiger partial charge on any atom is -0.378 e. The maximum Gasteiger partial charge on any atom is 0.151 e. The van der Waals surface area contributed by atoms with Crippen LogP contribution in [0.2, 0.25) is 0 Å². The molecule has 0 saturated carbocycles. The van der Waals surface area contributed by atoms with Crippen molar-refractivity contribution in [3.63, 3.8) is 0 Å². The molecular formula is C22H32N2OS. The Kier molecular flexibility index (Phi) is 7.83. The monoisotopic (exact) mass is 372 g/mol. The van der Waals surface area contributed by atoms with Gasteiger partial charge < -0.3 is 10.2 Å². The molecule has 4 heteroatoms. The number of thioether (sulfide) groups is 1. The topological polar surface area (TPSA) is 32.3 Å². The molecule has 0 bridgehead atoms. The van der Waals surface area contributed by atoms with Gasteiger partial charge in [-0.3, -0.25) is 4.79 Å². The van der Waals surface area contributed by atoms with Crippen molar-refractivity contribution < 1.29 is 4.79 Å². The number of hydrogen-bond acceptors (Lipinski definition) is 4. The van der Waals surface area contributed by atoms with Crippen LogP contribution >= 0.6 is 11.8 Å². The molecule has 0 unspecified atom stereocenters. The van der Waals surface area contributed by atoms with Gasteiger partial charge in [0.05, 0.1) is 11.6 Å². The Hall–Kier alpha value is -1.68. The van der Waals surface area contributed by atoms with Crippen molar-refractivity contribution in [3.05, 3.63) is 53.1 Å². The van der Waals surface area contributed by atoms with Crippen LogP contribution in [0.1, 0.15) is 46.1 Å². The molecule has 1 aromatic rings. The van der Waals surface area contributed by atoms with Crippen LogP contribution in [-0.2, 0) is 10.2 Å². The molecule has 0 aromatic heterocycles. The molecule has 1 aromatic carbocycles. The Balaban J connectivity index is 2.04. The number of carbonyl (C=O) groups excluding carboxylic acids is 1. The summed E-state index contributed by atoms with van der Waals surface area (Å²) < 4.78 is 0. The van der Waals surface area contributed by atoms with Crippen molar-refractivity contribution in [1.82, 2.24) is 4.90 Å². The van der Waals surface area contributed by atoms with Crippen molar-refractivity contribution in [2.24, 2.45) is 0 Å². The summed E-state index contributed by atoms with van der Waals surface area (Å²) in [6.07, 6.45) is 8.21. The Labute approximate surface area is 162 Å². The highest BCUT2D eigenvalue weighted by atomic mass is 32.2. The van der Waals surface area contributed by atoms with E-state index in [1.54, 1.807) is 0 Å². The summed E-state index contributed by atoms with van der Waals surface area (Å²) in [6.45, 7) is 11.3. The van der Waals surface area contributed by atoms with Crippen LogP contribution in [0.25, 0.3) is 0 Å². The molecule has 0 atom stereocenters. The summed E-state index contributed by atoms with van der Waals surface area (Å²) in [4.78, 5) is 14.1. The fourth-order valence-electron chi connectivity index (χ4n) is 3.10. The lowest BCUT2D eigenvalue weighted by Gasteiger charge is -2.27. The van der Waals surface area contributed by atoms with E-state index in [0.29, 0.717) is 13.0 Å². The Morgan fingerprint density at radius 2 is 2.08 bits per heavy atom. The summed E-state index contributed by atoms with van der Waals surface area (Å²) in [5, 5.41) is 4.70. The number of ketones is 1. The van der Waals surface area contributed by atoms with Gasteiger partial charge in [0.25, 0.3) is 0 Å². The van der Waals surface area contributed by atoms with Gasteiger partial charge in [0.1, 0.15) is 0 Å². The number of rotatable bonds is 9. The molecule has 0 amide bonds. The number of nitrogens with zero attached hydrogens (tertiary/aromatic N) is 1. The first kappa shape index (κ1) is 20.6. The van der Waals surface area contributed by atoms with E-state index >= 15 is 0 Å². The SMILES string of the molecule is CCC(=O)CNc1ccccc1C(C)(C)C/C=C/C=C1\SCCN1CC. The lowest BCUT2D eigenvalue weighted by atomic mass is 9.80. The molecule has 1 aliphatic rings. The van der Waals surface area contributed by atoms with Gasteiger partial charge in [0.15, 0.2) is 5.78 Å². The summed E-state index contributed by atoms with van der Waals surface area (Å²) >= 11 is 1.94. The number of carbonyl (C=O) groups is 1. The van der Waals surface area contributed by atoms with Gasteiger partial charge in [0, 0.05) is 31.0 Å². The average Bonchev–Trinajstić information content (AvgIpc) is 3.11. The molecule has 1 heterocycles. The standard InChI is InChI=1S/C22H32N2OS/c1-5-18(25)17-23-20-12-8-7-11-19(20)22(3,4)14-10-9-13-21-24(6-2)15-16-26-21/h7-13,23H,5-6,14-17H2,1-4H3/b10-9+,21-13-. The van der Waals surface area contributed by atoms with Gasteiger partial charge in [-0.05, 0) is 36.5 Å². The number of Topliss-reactive ketones (excluding diaryl/α,β-unsaturated/α-hetero) is 1. The number of para-hydroxylation sites is 1. The number of nitrogens with one attached hydrogen (secondary N) is 1. The summed E-state index contributed by atoms with van der Waals surface area (Å²) in [6, 6.07) is 8.33. The van der Waals surface area contributed by atoms with Gasteiger partial charge in [-0.2, -0.15) is 0 Å². The van der Waals surface area contributed by atoms with E-state index in [4.69, 9.17) is 0 Å². The maximum absolute atomic E-state index is 11.6. The molecule has 1 aliphatic heterocycles. The van der Waals surface area contributed by atoms with Gasteiger partial charge in [-0.25, -0.2) is 0 Å². The van der Waals surface area contributed by atoms with Crippen LogP contribution in [0.4, 0.5) is 5.69 Å². The van der Waals surface area contributed by atoms with E-state index in [1.807, 2.05) is 24.8 Å². The van der Waals surface area contributed by atoms with Gasteiger partial charge in [-0.1, -0.05) is 51.1 Å². The van der Waals surface area contributed by atoms with E-state index in [2.05, 4.69) is 67.4 Å². The highest BCUT2D eigenvalue weighted by molar-refractivity contribution is 8.03. The van der Waals surface area contributed by atoms with Crippen molar-refractivity contribution in [2.45, 2.75) is 46.0 Å². The third-order valence-electron chi connectivity index (χ3n) is 4.83. The largest absolute Gasteiger partial charge is 0.378 e. The Morgan fingerprint density at radius 3 is 2.81 bits per heavy atom. The molecule has 2 rings (SSSR count). The third-order valence-corrected chi connectivity index (χ3v) is 5.91. The second kappa shape index (κ2) is 9.86. The fourth-order valence-corrected chi connectivity index (χ4v) is 4.20. The minimum absolute atomic E-state index is 0.00112. The van der Waals surface area contributed by atoms with Crippen LogP contribution in [-0.4, -0.2) is 36.1 Å². The maximum atomic E-state index is 11.6. The van der Waals surface area contributed by atoms with Gasteiger partial charge in [-0.15, -0.1) is 11.8 Å². The highest BCUT2D eigenvalue weighted by Gasteiger charge is 2.22. The second-order valence-electron chi connectivity index (χ2n) is 7.24. The number of hydrogen-bond donors (Lipinski definition) is 1. The van der Waals surface area contributed by atoms with Crippen molar-refractivity contribution >= 4 is 23.2 Å². The molecule has 3 nitrogen and oxygen atoms in total. The second-order valence-corrected chi connectivity index (χ2v) is 8.36. The first-order valence-corrected chi connectivity index (χ1v) is 10.6. The lowest BCUT2D eigenvalue weighted by molar-refractivity contribution is -0.117. The van der Waals surface area contributed by atoms with Gasteiger partial charge in [0.2, 0.25) is 0 Å². The fraction of sp³-hybridized carbons (Fsp3) is 0.500. The highest BCUT2D eigenvalue weighted by Crippen LogP contribution is 2.33. The van der Waals surface area contributed by atoms with Crippen LogP contribution < -0.4 is 5.32 Å². The Morgan fingerprint density at radius 1 is 1.31 bits per heavy atom. The number of allylic oxidation sites excluding steroid dienone is 3. The van der Waals surface area contributed by atoms with Crippen LogP contribution in [0.5, 0.6) is 0 Å². The normalized spacial score (nSPS) is 16.6. The molecule has 1 fully saturated rings. The zero-order valence-electron chi connectivity index (χ0n) is 16.5. The van der Waals surface area contributed by atoms with E-state index in [1.165, 1.54) is 16.3 Å². The lowest BCUT2D eigenvalue weighted by Crippen LogP contribution is -2.20. The molecule has 0 radical (unpaired) electrons. The zero-order valence-corrected chi connectivity index (χ0v) is 17.4. The zero-order chi connectivity index (χ0) is 19.0. The van der Waals surface area contributed by atoms with Crippen molar-refractivity contribution in [3.8, 4) is 0 Å². The molecule has 1 N–H and O–H groups in total. The number of anilines is 1. The number of benzene rings is 1. The van der Waals surface area contributed by atoms with E-state index in [9.17, 15) is 4.79 Å². The van der Waals surface area contributed by atoms with Crippen LogP contribution in [0, 0.1) is 0 Å². The Bertz CT molecular complexity index is 664. The smallest absolute Gasteiger partial charge is 0.151 e.